The maximum Gasteiger partial charge on any atom is 0.125 e. The second-order valence-corrected chi connectivity index (χ2v) is 2.11. The van der Waals surface area contributed by atoms with Crippen LogP contribution in [0.4, 0.5) is 0 Å². The van der Waals surface area contributed by atoms with Crippen LogP contribution in [0.2, 0.25) is 0 Å². The number of allylic oxidation sites excluding steroid dienone is 2. The maximum absolute atomic E-state index is 8.55. The molecule has 0 fully saturated rings. The molecule has 0 aromatic rings. The molecule has 1 rings (SSSR count). The van der Waals surface area contributed by atoms with Gasteiger partial charge >= 0.3 is 0 Å². The molecule has 1 N–H and O–H groups in total. The Balaban J connectivity index is 2.48. The van der Waals surface area contributed by atoms with Gasteiger partial charge in [-0.25, -0.2) is 0 Å². The minimum absolute atomic E-state index is 0.00375. The Hall–Kier alpha value is -0.760. The van der Waals surface area contributed by atoms with E-state index in [1.54, 1.807) is 6.26 Å². The third kappa shape index (κ3) is 1.57. The van der Waals surface area contributed by atoms with Crippen molar-refractivity contribution < 1.29 is 9.84 Å². The van der Waals surface area contributed by atoms with E-state index in [0.29, 0.717) is 5.76 Å². The molecule has 0 radical (unpaired) electrons. The molecule has 9 heavy (non-hydrogen) atoms. The Bertz CT molecular complexity index is 156. The third-order valence-electron chi connectivity index (χ3n) is 1.22. The van der Waals surface area contributed by atoms with Crippen LogP contribution in [0.15, 0.2) is 23.7 Å². The maximum atomic E-state index is 8.55. The highest BCUT2D eigenvalue weighted by Gasteiger charge is 1.99. The van der Waals surface area contributed by atoms with Crippen LogP contribution < -0.4 is 0 Å². The van der Waals surface area contributed by atoms with E-state index in [4.69, 9.17) is 9.84 Å². The van der Waals surface area contributed by atoms with Gasteiger partial charge in [0.1, 0.15) is 12.4 Å². The highest BCUT2D eigenvalue weighted by molar-refractivity contribution is 5.10. The molecule has 2 heteroatoms. The minimum Gasteiger partial charge on any atom is -0.467 e. The molecular weight excluding hydrogens is 116 g/mol. The quantitative estimate of drug-likeness (QED) is 0.571. The third-order valence-corrected chi connectivity index (χ3v) is 1.22. The minimum atomic E-state index is 0.00375. The fourth-order valence-corrected chi connectivity index (χ4v) is 0.649. The number of hydrogen-bond donors (Lipinski definition) is 1. The fraction of sp³-hybridized carbons (Fsp3) is 0.429. The molecule has 0 aromatic carbocycles. The molecule has 2 nitrogen and oxygen atoms in total. The molecule has 0 spiro atoms. The van der Waals surface area contributed by atoms with E-state index in [1.807, 2.05) is 13.0 Å². The van der Waals surface area contributed by atoms with Crippen molar-refractivity contribution >= 4 is 0 Å². The first kappa shape index (κ1) is 6.36. The van der Waals surface area contributed by atoms with Gasteiger partial charge in [-0.2, -0.15) is 0 Å². The number of aliphatic hydroxyl groups is 1. The number of ether oxygens (including phenoxy) is 1. The Morgan fingerprint density at radius 3 is 3.00 bits per heavy atom. The zero-order chi connectivity index (χ0) is 6.69. The van der Waals surface area contributed by atoms with Gasteiger partial charge in [0.25, 0.3) is 0 Å². The van der Waals surface area contributed by atoms with Crippen molar-refractivity contribution in [3.63, 3.8) is 0 Å². The molecule has 0 bridgehead atoms. The van der Waals surface area contributed by atoms with Gasteiger partial charge in [-0.1, -0.05) is 0 Å². The molecular formula is C7H10O2. The first-order valence-electron chi connectivity index (χ1n) is 2.95. The van der Waals surface area contributed by atoms with Crippen molar-refractivity contribution in [3.05, 3.63) is 23.7 Å². The lowest BCUT2D eigenvalue weighted by Crippen LogP contribution is -1.97. The molecule has 0 unspecified atom stereocenters. The van der Waals surface area contributed by atoms with Crippen LogP contribution >= 0.6 is 0 Å². The second kappa shape index (κ2) is 2.69. The Morgan fingerprint density at radius 1 is 1.78 bits per heavy atom. The molecule has 50 valence electrons. The van der Waals surface area contributed by atoms with Gasteiger partial charge in [-0.3, -0.25) is 0 Å². The summed E-state index contributed by atoms with van der Waals surface area (Å²) in [6, 6.07) is 0. The first-order chi connectivity index (χ1) is 4.33. The van der Waals surface area contributed by atoms with E-state index in [1.165, 1.54) is 5.57 Å². The van der Waals surface area contributed by atoms with Gasteiger partial charge in [-0.15, -0.1) is 0 Å². The summed E-state index contributed by atoms with van der Waals surface area (Å²) < 4.78 is 4.99. The van der Waals surface area contributed by atoms with Crippen molar-refractivity contribution in [3.8, 4) is 0 Å². The van der Waals surface area contributed by atoms with E-state index in [-0.39, 0.29) is 6.61 Å². The molecule has 1 heterocycles. The lowest BCUT2D eigenvalue weighted by atomic mass is 10.2. The monoisotopic (exact) mass is 126 g/mol. The Morgan fingerprint density at radius 2 is 2.56 bits per heavy atom. The molecule has 0 aliphatic carbocycles. The fourth-order valence-electron chi connectivity index (χ4n) is 0.649. The molecule has 0 amide bonds. The highest BCUT2D eigenvalue weighted by atomic mass is 16.5. The van der Waals surface area contributed by atoms with Crippen molar-refractivity contribution in [1.29, 1.82) is 0 Å². The van der Waals surface area contributed by atoms with Gasteiger partial charge in [0.15, 0.2) is 0 Å². The molecule has 0 saturated carbocycles. The molecule has 0 aromatic heterocycles. The second-order valence-electron chi connectivity index (χ2n) is 2.11. The highest BCUT2D eigenvalue weighted by Crippen LogP contribution is 2.12. The van der Waals surface area contributed by atoms with Crippen molar-refractivity contribution in [2.24, 2.45) is 0 Å². The van der Waals surface area contributed by atoms with Gasteiger partial charge < -0.3 is 9.84 Å². The molecule has 0 saturated heterocycles. The molecule has 0 atom stereocenters. The number of rotatable bonds is 1. The van der Waals surface area contributed by atoms with E-state index >= 15 is 0 Å². The molecule has 1 aliphatic rings. The smallest absolute Gasteiger partial charge is 0.125 e. The van der Waals surface area contributed by atoms with E-state index < -0.39 is 0 Å². The normalized spacial score (nSPS) is 18.0. The lowest BCUT2D eigenvalue weighted by molar-refractivity contribution is 0.228. The zero-order valence-electron chi connectivity index (χ0n) is 5.42. The summed E-state index contributed by atoms with van der Waals surface area (Å²) in [5.74, 6) is 0.653. The van der Waals surface area contributed by atoms with Crippen LogP contribution in [-0.2, 0) is 4.74 Å². The summed E-state index contributed by atoms with van der Waals surface area (Å²) in [7, 11) is 0. The summed E-state index contributed by atoms with van der Waals surface area (Å²) in [5, 5.41) is 8.55. The van der Waals surface area contributed by atoms with E-state index in [9.17, 15) is 0 Å². The number of hydrogen-bond acceptors (Lipinski definition) is 2. The van der Waals surface area contributed by atoms with E-state index in [2.05, 4.69) is 0 Å². The Kier molecular flexibility index (Phi) is 1.90. The number of aliphatic hydroxyl groups excluding tert-OH is 1. The first-order valence-corrected chi connectivity index (χ1v) is 2.95. The van der Waals surface area contributed by atoms with Crippen molar-refractivity contribution in [2.45, 2.75) is 13.3 Å². The van der Waals surface area contributed by atoms with Crippen LogP contribution in [-0.4, -0.2) is 11.7 Å². The van der Waals surface area contributed by atoms with Crippen LogP contribution in [0.1, 0.15) is 13.3 Å². The van der Waals surface area contributed by atoms with Crippen LogP contribution in [0.5, 0.6) is 0 Å². The largest absolute Gasteiger partial charge is 0.467 e. The van der Waals surface area contributed by atoms with Crippen LogP contribution in [0, 0.1) is 0 Å². The van der Waals surface area contributed by atoms with E-state index in [0.717, 1.165) is 6.42 Å². The van der Waals surface area contributed by atoms with Gasteiger partial charge in [0, 0.05) is 0 Å². The van der Waals surface area contributed by atoms with Crippen molar-refractivity contribution in [1.82, 2.24) is 0 Å². The summed E-state index contributed by atoms with van der Waals surface area (Å²) >= 11 is 0. The lowest BCUT2D eigenvalue weighted by Gasteiger charge is -2.09. The van der Waals surface area contributed by atoms with Crippen LogP contribution in [0.3, 0.4) is 0 Å². The van der Waals surface area contributed by atoms with Gasteiger partial charge in [-0.05, 0) is 25.0 Å². The summed E-state index contributed by atoms with van der Waals surface area (Å²) in [6.45, 7) is 1.99. The summed E-state index contributed by atoms with van der Waals surface area (Å²) in [4.78, 5) is 0. The van der Waals surface area contributed by atoms with Gasteiger partial charge in [0.2, 0.25) is 0 Å². The topological polar surface area (TPSA) is 29.5 Å². The zero-order valence-corrected chi connectivity index (χ0v) is 5.42. The summed E-state index contributed by atoms with van der Waals surface area (Å²) in [5.41, 5.74) is 1.19. The van der Waals surface area contributed by atoms with Crippen LogP contribution in [0.25, 0.3) is 0 Å². The average Bonchev–Trinajstić information content (AvgIpc) is 1.90. The Labute approximate surface area is 54.5 Å². The summed E-state index contributed by atoms with van der Waals surface area (Å²) in [6.07, 6.45) is 4.46. The van der Waals surface area contributed by atoms with Gasteiger partial charge in [0.05, 0.1) is 6.26 Å². The SMILES string of the molecule is CC1=COC(CO)=CC1. The van der Waals surface area contributed by atoms with Crippen molar-refractivity contribution in [2.75, 3.05) is 6.61 Å². The standard InChI is InChI=1S/C7H10O2/c1-6-2-3-7(4-8)9-5-6/h3,5,8H,2,4H2,1H3. The predicted octanol–water partition coefficient (Wildman–Crippen LogP) is 1.19. The average molecular weight is 126 g/mol. The predicted molar refractivity (Wildman–Crippen MR) is 34.6 cm³/mol. The molecule has 1 aliphatic heterocycles.